The first-order valence-corrected chi connectivity index (χ1v) is 16.8. The maximum Gasteiger partial charge on any atom is 0.252 e. The molecular weight excluding hydrogens is 579 g/mol. The Kier molecular flexibility index (Phi) is 6.62. The van der Waals surface area contributed by atoms with Gasteiger partial charge in [-0.2, -0.15) is 0 Å². The van der Waals surface area contributed by atoms with Crippen molar-refractivity contribution in [2.75, 3.05) is 9.80 Å². The van der Waals surface area contributed by atoms with Crippen LogP contribution in [-0.4, -0.2) is 6.71 Å². The summed E-state index contributed by atoms with van der Waals surface area (Å²) < 4.78 is 0. The highest BCUT2D eigenvalue weighted by molar-refractivity contribution is 7.00. The standard InChI is InChI=1S/C45H35BN2/c1-30-25-31(2)44(32(3)26-30)35-28-42-45-43(29-35)48(37-19-11-6-12-20-37)41-24-23-34(33-15-7-4-8-16-33)27-39(41)46(45)38-21-13-14-22-40(38)47(42)36-17-9-5-10-18-36/h4-29H,1-3H3. The molecule has 0 aromatic heterocycles. The predicted molar refractivity (Wildman–Crippen MR) is 206 cm³/mol. The van der Waals surface area contributed by atoms with Gasteiger partial charge in [-0.3, -0.25) is 0 Å². The number of para-hydroxylation sites is 3. The number of hydrogen-bond donors (Lipinski definition) is 0. The maximum atomic E-state index is 2.50. The van der Waals surface area contributed by atoms with Gasteiger partial charge >= 0.3 is 0 Å². The molecule has 2 heterocycles. The van der Waals surface area contributed by atoms with Crippen LogP contribution in [0.1, 0.15) is 16.7 Å². The van der Waals surface area contributed by atoms with Gasteiger partial charge in [0.2, 0.25) is 0 Å². The van der Waals surface area contributed by atoms with E-state index in [-0.39, 0.29) is 6.71 Å². The molecule has 2 nitrogen and oxygen atoms in total. The molecule has 0 bridgehead atoms. The number of fused-ring (bicyclic) bond motifs is 4. The van der Waals surface area contributed by atoms with E-state index in [2.05, 4.69) is 188 Å². The number of aryl methyl sites for hydroxylation is 3. The smallest absolute Gasteiger partial charge is 0.252 e. The summed E-state index contributed by atoms with van der Waals surface area (Å²) in [5.74, 6) is 0. The van der Waals surface area contributed by atoms with Crippen LogP contribution in [0.5, 0.6) is 0 Å². The van der Waals surface area contributed by atoms with Gasteiger partial charge in [0.15, 0.2) is 0 Å². The molecule has 0 unspecified atom stereocenters. The molecule has 0 aliphatic carbocycles. The summed E-state index contributed by atoms with van der Waals surface area (Å²) in [6.07, 6.45) is 0. The molecule has 0 spiro atoms. The van der Waals surface area contributed by atoms with Gasteiger partial charge < -0.3 is 9.80 Å². The zero-order chi connectivity index (χ0) is 32.4. The van der Waals surface area contributed by atoms with E-state index in [4.69, 9.17) is 0 Å². The van der Waals surface area contributed by atoms with E-state index >= 15 is 0 Å². The van der Waals surface area contributed by atoms with E-state index in [1.165, 1.54) is 78.1 Å². The van der Waals surface area contributed by atoms with Crippen LogP contribution in [0.15, 0.2) is 158 Å². The monoisotopic (exact) mass is 614 g/mol. The first-order valence-electron chi connectivity index (χ1n) is 16.8. The summed E-state index contributed by atoms with van der Waals surface area (Å²) in [7, 11) is 0. The van der Waals surface area contributed by atoms with Gasteiger partial charge in [-0.05, 0) is 119 Å². The van der Waals surface area contributed by atoms with Crippen molar-refractivity contribution in [1.29, 1.82) is 0 Å². The topological polar surface area (TPSA) is 6.48 Å². The van der Waals surface area contributed by atoms with Crippen LogP contribution in [0.25, 0.3) is 22.3 Å². The first kappa shape index (κ1) is 28.4. The molecule has 2 aliphatic heterocycles. The fourth-order valence-corrected chi connectivity index (χ4v) is 8.25. The average Bonchev–Trinajstić information content (AvgIpc) is 3.12. The van der Waals surface area contributed by atoms with Crippen molar-refractivity contribution in [3.8, 4) is 22.3 Å². The fourth-order valence-electron chi connectivity index (χ4n) is 8.25. The van der Waals surface area contributed by atoms with Crippen molar-refractivity contribution >= 4 is 57.2 Å². The van der Waals surface area contributed by atoms with E-state index < -0.39 is 0 Å². The summed E-state index contributed by atoms with van der Waals surface area (Å²) in [6, 6.07) is 58.1. The van der Waals surface area contributed by atoms with Crippen molar-refractivity contribution in [2.45, 2.75) is 20.8 Å². The minimum atomic E-state index is 0.0686. The summed E-state index contributed by atoms with van der Waals surface area (Å²) in [5.41, 5.74) is 20.1. The van der Waals surface area contributed by atoms with Crippen LogP contribution in [0, 0.1) is 20.8 Å². The molecule has 0 N–H and O–H groups in total. The Balaban J connectivity index is 1.42. The van der Waals surface area contributed by atoms with Crippen LogP contribution in [0.2, 0.25) is 0 Å². The van der Waals surface area contributed by atoms with Gasteiger partial charge in [0.1, 0.15) is 0 Å². The number of rotatable bonds is 4. The van der Waals surface area contributed by atoms with Gasteiger partial charge in [0.25, 0.3) is 6.71 Å². The number of hydrogen-bond acceptors (Lipinski definition) is 2. The third-order valence-corrected chi connectivity index (χ3v) is 10.1. The summed E-state index contributed by atoms with van der Waals surface area (Å²) >= 11 is 0. The molecule has 0 amide bonds. The largest absolute Gasteiger partial charge is 0.311 e. The molecule has 0 atom stereocenters. The van der Waals surface area contributed by atoms with Crippen LogP contribution in [-0.2, 0) is 0 Å². The molecule has 228 valence electrons. The third-order valence-electron chi connectivity index (χ3n) is 10.1. The van der Waals surface area contributed by atoms with E-state index in [1.807, 2.05) is 0 Å². The molecule has 0 radical (unpaired) electrons. The third kappa shape index (κ3) is 4.42. The Bertz CT molecular complexity index is 2290. The lowest BCUT2D eigenvalue weighted by atomic mass is 9.33. The Morgan fingerprint density at radius 2 is 0.917 bits per heavy atom. The van der Waals surface area contributed by atoms with Crippen LogP contribution in [0.4, 0.5) is 34.1 Å². The second-order valence-corrected chi connectivity index (χ2v) is 13.2. The highest BCUT2D eigenvalue weighted by Crippen LogP contribution is 2.46. The van der Waals surface area contributed by atoms with Gasteiger partial charge in [0.05, 0.1) is 0 Å². The molecule has 0 saturated carbocycles. The van der Waals surface area contributed by atoms with Crippen molar-refractivity contribution in [3.63, 3.8) is 0 Å². The van der Waals surface area contributed by atoms with Crippen LogP contribution >= 0.6 is 0 Å². The van der Waals surface area contributed by atoms with E-state index in [0.717, 1.165) is 11.4 Å². The van der Waals surface area contributed by atoms with E-state index in [9.17, 15) is 0 Å². The molecule has 0 fully saturated rings. The lowest BCUT2D eigenvalue weighted by molar-refractivity contribution is 1.25. The molecule has 2 aliphatic rings. The molecule has 9 rings (SSSR count). The van der Waals surface area contributed by atoms with Crippen molar-refractivity contribution in [1.82, 2.24) is 0 Å². The predicted octanol–water partition coefficient (Wildman–Crippen LogP) is 10.0. The molecule has 7 aromatic rings. The van der Waals surface area contributed by atoms with Crippen molar-refractivity contribution in [2.24, 2.45) is 0 Å². The average molecular weight is 615 g/mol. The number of anilines is 6. The highest BCUT2D eigenvalue weighted by Gasteiger charge is 2.43. The second kappa shape index (κ2) is 11.2. The Morgan fingerprint density at radius 1 is 0.396 bits per heavy atom. The molecule has 0 saturated heterocycles. The summed E-state index contributed by atoms with van der Waals surface area (Å²) in [4.78, 5) is 4.99. The minimum Gasteiger partial charge on any atom is -0.311 e. The summed E-state index contributed by atoms with van der Waals surface area (Å²) in [5, 5.41) is 0. The van der Waals surface area contributed by atoms with Gasteiger partial charge in [-0.25, -0.2) is 0 Å². The fraction of sp³-hybridized carbons (Fsp3) is 0.0667. The minimum absolute atomic E-state index is 0.0686. The number of nitrogens with zero attached hydrogens (tertiary/aromatic N) is 2. The zero-order valence-electron chi connectivity index (χ0n) is 27.5. The van der Waals surface area contributed by atoms with Crippen LogP contribution in [0.3, 0.4) is 0 Å². The lowest BCUT2D eigenvalue weighted by Gasteiger charge is -2.44. The van der Waals surface area contributed by atoms with E-state index in [0.29, 0.717) is 0 Å². The quantitative estimate of drug-likeness (QED) is 0.182. The first-order chi connectivity index (χ1) is 23.6. The lowest BCUT2D eigenvalue weighted by Crippen LogP contribution is -2.61. The SMILES string of the molecule is Cc1cc(C)c(-c2cc3c4c(c2)N(c2ccccc2)c2ccc(-c5ccccc5)cc2B4c2ccccc2N3c2ccccc2)c(C)c1. The van der Waals surface area contributed by atoms with Gasteiger partial charge in [-0.15, -0.1) is 0 Å². The molecule has 3 heteroatoms. The second-order valence-electron chi connectivity index (χ2n) is 13.2. The summed E-state index contributed by atoms with van der Waals surface area (Å²) in [6.45, 7) is 6.77. The number of benzene rings is 7. The molecular formula is C45H35BN2. The van der Waals surface area contributed by atoms with Crippen molar-refractivity contribution < 1.29 is 0 Å². The van der Waals surface area contributed by atoms with Crippen molar-refractivity contribution in [3.05, 3.63) is 174 Å². The molecule has 48 heavy (non-hydrogen) atoms. The maximum absolute atomic E-state index is 2.50. The zero-order valence-corrected chi connectivity index (χ0v) is 27.5. The Morgan fingerprint density at radius 3 is 1.52 bits per heavy atom. The van der Waals surface area contributed by atoms with E-state index in [1.54, 1.807) is 0 Å². The molecule has 7 aromatic carbocycles. The Hall–Kier alpha value is -5.80. The van der Waals surface area contributed by atoms with Crippen LogP contribution < -0.4 is 26.2 Å². The Labute approximate surface area is 283 Å². The highest BCUT2D eigenvalue weighted by atomic mass is 15.2. The van der Waals surface area contributed by atoms with Gasteiger partial charge in [-0.1, -0.05) is 115 Å². The normalized spacial score (nSPS) is 12.8. The van der Waals surface area contributed by atoms with Gasteiger partial charge in [0, 0.05) is 34.1 Å².